The first-order chi connectivity index (χ1) is 13.1. The number of amides is 1. The Morgan fingerprint density at radius 3 is 2.81 bits per heavy atom. The van der Waals surface area contributed by atoms with E-state index in [1.807, 2.05) is 43.3 Å². The van der Waals surface area contributed by atoms with Crippen molar-refractivity contribution in [2.45, 2.75) is 13.3 Å². The number of fused-ring (bicyclic) bond motifs is 1. The number of benzene rings is 1. The quantitative estimate of drug-likeness (QED) is 0.519. The lowest BCUT2D eigenvalue weighted by molar-refractivity contribution is -0.142. The van der Waals surface area contributed by atoms with E-state index in [1.165, 1.54) is 12.2 Å². The standard InChI is InChI=1S/C20H18ClN3O3/c1-2-14-7-3-4-8-15(14)22-18(25)13-27-19(26)11-10-16-20(21)23-17-9-5-6-12-24(16)17/h3-12H,2,13H2,1H3,(H,22,25)/b11-10+. The van der Waals surface area contributed by atoms with Crippen LogP contribution in [0.5, 0.6) is 0 Å². The number of ether oxygens (including phenoxy) is 1. The summed E-state index contributed by atoms with van der Waals surface area (Å²) in [6.07, 6.45) is 5.31. The van der Waals surface area contributed by atoms with Gasteiger partial charge in [-0.3, -0.25) is 9.20 Å². The first-order valence-corrected chi connectivity index (χ1v) is 8.81. The van der Waals surface area contributed by atoms with Gasteiger partial charge in [-0.15, -0.1) is 0 Å². The molecular formula is C20H18ClN3O3. The minimum Gasteiger partial charge on any atom is -0.452 e. The smallest absolute Gasteiger partial charge is 0.331 e. The lowest BCUT2D eigenvalue weighted by Crippen LogP contribution is -2.20. The molecule has 1 aromatic carbocycles. The molecule has 2 heterocycles. The number of carbonyl (C=O) groups is 2. The van der Waals surface area contributed by atoms with E-state index in [-0.39, 0.29) is 11.8 Å². The molecule has 0 radical (unpaired) electrons. The number of nitrogens with one attached hydrogen (secondary N) is 1. The summed E-state index contributed by atoms with van der Waals surface area (Å²) >= 11 is 6.10. The van der Waals surface area contributed by atoms with Crippen molar-refractivity contribution in [3.8, 4) is 0 Å². The topological polar surface area (TPSA) is 72.7 Å². The van der Waals surface area contributed by atoms with Gasteiger partial charge in [-0.05, 0) is 36.3 Å². The monoisotopic (exact) mass is 383 g/mol. The molecule has 1 N–H and O–H groups in total. The van der Waals surface area contributed by atoms with Crippen LogP contribution in [0.15, 0.2) is 54.7 Å². The Kier molecular flexibility index (Phi) is 5.88. The summed E-state index contributed by atoms with van der Waals surface area (Å²) < 4.78 is 6.74. The Labute approximate surface area is 161 Å². The number of esters is 1. The molecule has 0 fully saturated rings. The molecule has 0 aliphatic carbocycles. The summed E-state index contributed by atoms with van der Waals surface area (Å²) in [5.74, 6) is -1.04. The van der Waals surface area contributed by atoms with Gasteiger partial charge in [-0.1, -0.05) is 42.8 Å². The number of aryl methyl sites for hydroxylation is 1. The third-order valence-corrected chi connectivity index (χ3v) is 4.20. The van der Waals surface area contributed by atoms with Gasteiger partial charge in [-0.2, -0.15) is 0 Å². The van der Waals surface area contributed by atoms with Crippen molar-refractivity contribution < 1.29 is 14.3 Å². The second-order valence-corrected chi connectivity index (χ2v) is 6.07. The number of aromatic nitrogens is 2. The highest BCUT2D eigenvalue weighted by atomic mass is 35.5. The van der Waals surface area contributed by atoms with E-state index in [2.05, 4.69) is 10.3 Å². The van der Waals surface area contributed by atoms with Crippen LogP contribution in [0.2, 0.25) is 5.15 Å². The molecule has 0 saturated heterocycles. The molecule has 1 amide bonds. The van der Waals surface area contributed by atoms with Gasteiger partial charge in [0.15, 0.2) is 11.8 Å². The van der Waals surface area contributed by atoms with Gasteiger partial charge in [0, 0.05) is 18.0 Å². The van der Waals surface area contributed by atoms with Crippen molar-refractivity contribution in [3.63, 3.8) is 0 Å². The van der Waals surface area contributed by atoms with Gasteiger partial charge in [0.1, 0.15) is 5.65 Å². The molecule has 7 heteroatoms. The summed E-state index contributed by atoms with van der Waals surface area (Å²) in [6, 6.07) is 13.0. The zero-order chi connectivity index (χ0) is 19.2. The van der Waals surface area contributed by atoms with E-state index in [4.69, 9.17) is 16.3 Å². The maximum Gasteiger partial charge on any atom is 0.331 e. The number of pyridine rings is 1. The van der Waals surface area contributed by atoms with Crippen molar-refractivity contribution in [2.24, 2.45) is 0 Å². The van der Waals surface area contributed by atoms with Crippen molar-refractivity contribution in [3.05, 3.63) is 71.1 Å². The van der Waals surface area contributed by atoms with Crippen molar-refractivity contribution in [1.29, 1.82) is 0 Å². The van der Waals surface area contributed by atoms with Crippen LogP contribution in [-0.4, -0.2) is 27.9 Å². The van der Waals surface area contributed by atoms with Gasteiger partial charge in [-0.25, -0.2) is 9.78 Å². The maximum absolute atomic E-state index is 12.0. The first kappa shape index (κ1) is 18.7. The molecule has 138 valence electrons. The highest BCUT2D eigenvalue weighted by molar-refractivity contribution is 6.31. The maximum atomic E-state index is 12.0. The van der Waals surface area contributed by atoms with Crippen LogP contribution in [-0.2, 0) is 20.7 Å². The largest absolute Gasteiger partial charge is 0.452 e. The Hall–Kier alpha value is -3.12. The number of imidazole rings is 1. The lowest BCUT2D eigenvalue weighted by atomic mass is 10.1. The fourth-order valence-corrected chi connectivity index (χ4v) is 2.84. The fraction of sp³-hybridized carbons (Fsp3) is 0.150. The first-order valence-electron chi connectivity index (χ1n) is 8.43. The van der Waals surface area contributed by atoms with Crippen LogP contribution in [0.4, 0.5) is 5.69 Å². The minimum absolute atomic E-state index is 0.277. The molecule has 0 unspecified atom stereocenters. The van der Waals surface area contributed by atoms with Gasteiger partial charge in [0.2, 0.25) is 0 Å². The minimum atomic E-state index is -0.643. The molecule has 0 atom stereocenters. The number of hydrogen-bond donors (Lipinski definition) is 1. The number of halogens is 1. The van der Waals surface area contributed by atoms with Crippen molar-refractivity contribution in [1.82, 2.24) is 9.38 Å². The molecule has 3 aromatic rings. The Morgan fingerprint density at radius 1 is 1.22 bits per heavy atom. The second-order valence-electron chi connectivity index (χ2n) is 5.72. The molecule has 0 saturated carbocycles. The highest BCUT2D eigenvalue weighted by Gasteiger charge is 2.10. The molecule has 27 heavy (non-hydrogen) atoms. The molecule has 0 aliphatic heterocycles. The summed E-state index contributed by atoms with van der Waals surface area (Å²) in [5, 5.41) is 3.02. The molecule has 0 aliphatic rings. The molecule has 0 spiro atoms. The number of rotatable bonds is 6. The van der Waals surface area contributed by atoms with Gasteiger partial charge in [0.05, 0.1) is 5.69 Å². The predicted octanol–water partition coefficient (Wildman–Crippen LogP) is 3.75. The van der Waals surface area contributed by atoms with Crippen LogP contribution in [0, 0.1) is 0 Å². The number of nitrogens with zero attached hydrogens (tertiary/aromatic N) is 2. The van der Waals surface area contributed by atoms with Crippen molar-refractivity contribution in [2.75, 3.05) is 11.9 Å². The third kappa shape index (κ3) is 4.54. The van der Waals surface area contributed by atoms with Crippen LogP contribution in [0.25, 0.3) is 11.7 Å². The summed E-state index contributed by atoms with van der Waals surface area (Å²) in [6.45, 7) is 1.63. The van der Waals surface area contributed by atoms with E-state index in [1.54, 1.807) is 16.7 Å². The van der Waals surface area contributed by atoms with E-state index in [0.717, 1.165) is 12.0 Å². The fourth-order valence-electron chi connectivity index (χ4n) is 2.60. The number of anilines is 1. The van der Waals surface area contributed by atoms with Crippen molar-refractivity contribution >= 4 is 40.9 Å². The SMILES string of the molecule is CCc1ccccc1NC(=O)COC(=O)/C=C/c1c(Cl)nc2ccccn12. The van der Waals surface area contributed by atoms with E-state index in [9.17, 15) is 9.59 Å². The summed E-state index contributed by atoms with van der Waals surface area (Å²) in [5.41, 5.74) is 2.96. The average Bonchev–Trinajstić information content (AvgIpc) is 3.00. The van der Waals surface area contributed by atoms with Crippen LogP contribution in [0.3, 0.4) is 0 Å². The van der Waals surface area contributed by atoms with E-state index >= 15 is 0 Å². The molecule has 6 nitrogen and oxygen atoms in total. The molecular weight excluding hydrogens is 366 g/mol. The van der Waals surface area contributed by atoms with Crippen LogP contribution in [0.1, 0.15) is 18.2 Å². The van der Waals surface area contributed by atoms with E-state index < -0.39 is 11.9 Å². The Morgan fingerprint density at radius 2 is 2.00 bits per heavy atom. The average molecular weight is 384 g/mol. The molecule has 3 rings (SSSR count). The second kappa shape index (κ2) is 8.51. The lowest BCUT2D eigenvalue weighted by Gasteiger charge is -2.09. The number of para-hydroxylation sites is 1. The number of carbonyl (C=O) groups excluding carboxylic acids is 2. The third-order valence-electron chi connectivity index (χ3n) is 3.92. The van der Waals surface area contributed by atoms with Crippen LogP contribution < -0.4 is 5.32 Å². The highest BCUT2D eigenvalue weighted by Crippen LogP contribution is 2.19. The molecule has 2 aromatic heterocycles. The zero-order valence-electron chi connectivity index (χ0n) is 14.7. The Balaban J connectivity index is 1.58. The molecule has 0 bridgehead atoms. The van der Waals surface area contributed by atoms with Crippen LogP contribution >= 0.6 is 11.6 Å². The van der Waals surface area contributed by atoms with Gasteiger partial charge >= 0.3 is 5.97 Å². The zero-order valence-corrected chi connectivity index (χ0v) is 15.4. The summed E-state index contributed by atoms with van der Waals surface area (Å²) in [7, 11) is 0. The normalized spacial score (nSPS) is 11.0. The number of hydrogen-bond acceptors (Lipinski definition) is 4. The van der Waals surface area contributed by atoms with E-state index in [0.29, 0.717) is 17.0 Å². The van der Waals surface area contributed by atoms with Gasteiger partial charge < -0.3 is 10.1 Å². The Bertz CT molecular complexity index is 1010. The summed E-state index contributed by atoms with van der Waals surface area (Å²) in [4.78, 5) is 28.1. The predicted molar refractivity (Wildman–Crippen MR) is 105 cm³/mol. The van der Waals surface area contributed by atoms with Gasteiger partial charge in [0.25, 0.3) is 5.91 Å².